The van der Waals surface area contributed by atoms with Gasteiger partial charge in [-0.2, -0.15) is 0 Å². The first kappa shape index (κ1) is 22.2. The van der Waals surface area contributed by atoms with Crippen molar-refractivity contribution >= 4 is 17.4 Å². The van der Waals surface area contributed by atoms with Gasteiger partial charge < -0.3 is 15.0 Å². The minimum absolute atomic E-state index is 0.0407. The van der Waals surface area contributed by atoms with Crippen molar-refractivity contribution < 1.29 is 9.53 Å². The standard InChI is InChI=1S/C22H33N3O2S/c1-7-17(6)25(22(26)23-16(4)5)12-18-14-28-21(24-18)13-27-20-11-9-8-10-19(20)15(2)3/h8-11,14-17H,7,12-13H2,1-6H3,(H,23,26)/t17-/m1/s1. The van der Waals surface area contributed by atoms with Crippen molar-refractivity contribution in [3.63, 3.8) is 0 Å². The summed E-state index contributed by atoms with van der Waals surface area (Å²) in [5.74, 6) is 1.32. The summed E-state index contributed by atoms with van der Waals surface area (Å²) in [6.45, 7) is 13.4. The van der Waals surface area contributed by atoms with Crippen molar-refractivity contribution in [2.75, 3.05) is 0 Å². The van der Waals surface area contributed by atoms with E-state index in [4.69, 9.17) is 4.74 Å². The maximum Gasteiger partial charge on any atom is 0.318 e. The quantitative estimate of drug-likeness (QED) is 0.596. The Morgan fingerprint density at radius 3 is 2.57 bits per heavy atom. The van der Waals surface area contributed by atoms with Crippen LogP contribution in [-0.2, 0) is 13.2 Å². The van der Waals surface area contributed by atoms with Crippen LogP contribution in [0.4, 0.5) is 4.79 Å². The van der Waals surface area contributed by atoms with E-state index in [0.29, 0.717) is 19.1 Å². The molecule has 0 spiro atoms. The third-order valence-electron chi connectivity index (χ3n) is 4.62. The number of benzene rings is 1. The first-order chi connectivity index (χ1) is 13.3. The highest BCUT2D eigenvalue weighted by Crippen LogP contribution is 2.27. The Labute approximate surface area is 173 Å². The topological polar surface area (TPSA) is 54.5 Å². The van der Waals surface area contributed by atoms with Gasteiger partial charge in [0, 0.05) is 17.5 Å². The fourth-order valence-electron chi connectivity index (χ4n) is 2.87. The second-order valence-corrected chi connectivity index (χ2v) is 8.65. The normalized spacial score (nSPS) is 12.3. The second-order valence-electron chi connectivity index (χ2n) is 7.70. The Bertz CT molecular complexity index is 758. The minimum Gasteiger partial charge on any atom is -0.486 e. The highest BCUT2D eigenvalue weighted by Gasteiger charge is 2.21. The fourth-order valence-corrected chi connectivity index (χ4v) is 3.57. The number of urea groups is 1. The molecule has 0 fully saturated rings. The van der Waals surface area contributed by atoms with Gasteiger partial charge in [-0.1, -0.05) is 39.0 Å². The smallest absolute Gasteiger partial charge is 0.318 e. The molecule has 6 heteroatoms. The fraction of sp³-hybridized carbons (Fsp3) is 0.545. The van der Waals surface area contributed by atoms with Gasteiger partial charge in [0.05, 0.1) is 12.2 Å². The van der Waals surface area contributed by atoms with Gasteiger partial charge in [0.1, 0.15) is 17.4 Å². The lowest BCUT2D eigenvalue weighted by Gasteiger charge is -2.29. The van der Waals surface area contributed by atoms with Crippen LogP contribution in [0.25, 0.3) is 0 Å². The van der Waals surface area contributed by atoms with Gasteiger partial charge in [0.2, 0.25) is 0 Å². The Morgan fingerprint density at radius 2 is 1.93 bits per heavy atom. The van der Waals surface area contributed by atoms with Crippen molar-refractivity contribution in [1.82, 2.24) is 15.2 Å². The summed E-state index contributed by atoms with van der Waals surface area (Å²) in [4.78, 5) is 19.1. The predicted molar refractivity (Wildman–Crippen MR) is 116 cm³/mol. The molecular weight excluding hydrogens is 370 g/mol. The van der Waals surface area contributed by atoms with E-state index < -0.39 is 0 Å². The molecule has 0 saturated heterocycles. The van der Waals surface area contributed by atoms with Gasteiger partial charge in [-0.3, -0.25) is 0 Å². The number of hydrogen-bond acceptors (Lipinski definition) is 4. The molecule has 0 aliphatic heterocycles. The molecule has 2 amide bonds. The molecular formula is C22H33N3O2S. The van der Waals surface area contributed by atoms with Crippen LogP contribution < -0.4 is 10.1 Å². The lowest BCUT2D eigenvalue weighted by Crippen LogP contribution is -2.46. The first-order valence-corrected chi connectivity index (χ1v) is 10.9. The number of aromatic nitrogens is 1. The number of nitrogens with one attached hydrogen (secondary N) is 1. The van der Waals surface area contributed by atoms with Crippen LogP contribution in [0.5, 0.6) is 5.75 Å². The predicted octanol–water partition coefficient (Wildman–Crippen LogP) is 5.56. The summed E-state index contributed by atoms with van der Waals surface area (Å²) < 4.78 is 6.03. The summed E-state index contributed by atoms with van der Waals surface area (Å²) in [6, 6.07) is 8.36. The highest BCUT2D eigenvalue weighted by atomic mass is 32.1. The van der Waals surface area contributed by atoms with Crippen molar-refractivity contribution in [2.45, 2.75) is 79.1 Å². The molecule has 0 bridgehead atoms. The zero-order valence-electron chi connectivity index (χ0n) is 17.9. The molecule has 28 heavy (non-hydrogen) atoms. The summed E-state index contributed by atoms with van der Waals surface area (Å²) >= 11 is 1.58. The van der Waals surface area contributed by atoms with Crippen molar-refractivity contribution in [3.05, 3.63) is 45.9 Å². The zero-order chi connectivity index (χ0) is 20.7. The average molecular weight is 404 g/mol. The number of ether oxygens (including phenoxy) is 1. The van der Waals surface area contributed by atoms with E-state index in [1.54, 1.807) is 11.3 Å². The molecule has 2 aromatic rings. The molecule has 0 aliphatic carbocycles. The average Bonchev–Trinajstić information content (AvgIpc) is 3.11. The van der Waals surface area contributed by atoms with E-state index in [2.05, 4.69) is 44.1 Å². The Hall–Kier alpha value is -2.08. The molecule has 0 aliphatic rings. The molecule has 154 valence electrons. The zero-order valence-corrected chi connectivity index (χ0v) is 18.7. The lowest BCUT2D eigenvalue weighted by molar-refractivity contribution is 0.170. The van der Waals surface area contributed by atoms with Gasteiger partial charge in [-0.15, -0.1) is 11.3 Å². The van der Waals surface area contributed by atoms with Crippen LogP contribution in [0, 0.1) is 0 Å². The van der Waals surface area contributed by atoms with E-state index in [0.717, 1.165) is 22.9 Å². The Balaban J connectivity index is 2.03. The molecule has 0 unspecified atom stereocenters. The molecule has 0 saturated carbocycles. The monoisotopic (exact) mass is 403 g/mol. The number of amides is 2. The van der Waals surface area contributed by atoms with E-state index in [1.165, 1.54) is 5.56 Å². The van der Waals surface area contributed by atoms with Crippen LogP contribution in [0.15, 0.2) is 29.6 Å². The van der Waals surface area contributed by atoms with Crippen molar-refractivity contribution in [3.8, 4) is 5.75 Å². The van der Waals surface area contributed by atoms with E-state index in [-0.39, 0.29) is 18.1 Å². The van der Waals surface area contributed by atoms with Crippen LogP contribution in [0.1, 0.15) is 70.1 Å². The summed E-state index contributed by atoms with van der Waals surface area (Å²) in [6.07, 6.45) is 0.900. The van der Waals surface area contributed by atoms with E-state index in [1.807, 2.05) is 42.3 Å². The molecule has 1 atom stereocenters. The van der Waals surface area contributed by atoms with Gasteiger partial charge in [-0.05, 0) is 44.7 Å². The lowest BCUT2D eigenvalue weighted by atomic mass is 10.0. The molecule has 1 aromatic carbocycles. The number of hydrogen-bond donors (Lipinski definition) is 1. The van der Waals surface area contributed by atoms with Crippen molar-refractivity contribution in [2.24, 2.45) is 0 Å². The number of carbonyl (C=O) groups is 1. The number of rotatable bonds is 9. The summed E-state index contributed by atoms with van der Waals surface area (Å²) in [5.41, 5.74) is 2.10. The molecule has 1 N–H and O–H groups in total. The van der Waals surface area contributed by atoms with Crippen molar-refractivity contribution in [1.29, 1.82) is 0 Å². The largest absolute Gasteiger partial charge is 0.486 e. The third kappa shape index (κ3) is 6.23. The van der Waals surface area contributed by atoms with Gasteiger partial charge in [-0.25, -0.2) is 9.78 Å². The number of thiazole rings is 1. The van der Waals surface area contributed by atoms with Gasteiger partial charge >= 0.3 is 6.03 Å². The number of carbonyl (C=O) groups excluding carboxylic acids is 1. The second kappa shape index (κ2) is 10.5. The van der Waals surface area contributed by atoms with E-state index >= 15 is 0 Å². The minimum atomic E-state index is -0.0407. The summed E-state index contributed by atoms with van der Waals surface area (Å²) in [7, 11) is 0. The maximum absolute atomic E-state index is 12.5. The molecule has 1 heterocycles. The van der Waals surface area contributed by atoms with E-state index in [9.17, 15) is 4.79 Å². The van der Waals surface area contributed by atoms with Gasteiger partial charge in [0.25, 0.3) is 0 Å². The molecule has 2 rings (SSSR count). The molecule has 1 aromatic heterocycles. The van der Waals surface area contributed by atoms with Crippen LogP contribution in [0.2, 0.25) is 0 Å². The summed E-state index contributed by atoms with van der Waals surface area (Å²) in [5, 5.41) is 5.92. The molecule has 0 radical (unpaired) electrons. The Kier molecular flexibility index (Phi) is 8.30. The highest BCUT2D eigenvalue weighted by molar-refractivity contribution is 7.09. The Morgan fingerprint density at radius 1 is 1.21 bits per heavy atom. The first-order valence-electron chi connectivity index (χ1n) is 10.0. The van der Waals surface area contributed by atoms with Crippen LogP contribution >= 0.6 is 11.3 Å². The third-order valence-corrected chi connectivity index (χ3v) is 5.49. The molecule has 5 nitrogen and oxygen atoms in total. The van der Waals surface area contributed by atoms with Crippen LogP contribution in [0.3, 0.4) is 0 Å². The van der Waals surface area contributed by atoms with Crippen LogP contribution in [-0.4, -0.2) is 28.0 Å². The number of nitrogens with zero attached hydrogens (tertiary/aromatic N) is 2. The SMILES string of the molecule is CC[C@@H](C)N(Cc1csc(COc2ccccc2C(C)C)n1)C(=O)NC(C)C. The number of para-hydroxylation sites is 1. The van der Waals surface area contributed by atoms with Gasteiger partial charge in [0.15, 0.2) is 0 Å². The maximum atomic E-state index is 12.5.